The molecule has 2 saturated heterocycles. The molecule has 4 heterocycles. The molecular weight excluding hydrogens is 771 g/mol. The van der Waals surface area contributed by atoms with Crippen molar-refractivity contribution in [2.24, 2.45) is 0 Å². The van der Waals surface area contributed by atoms with Crippen LogP contribution < -0.4 is 5.32 Å². The molecule has 2 fully saturated rings. The van der Waals surface area contributed by atoms with Gasteiger partial charge in [0.15, 0.2) is 0 Å². The highest BCUT2D eigenvalue weighted by atomic mass is 32.2. The molecule has 308 valence electrons. The number of rotatable bonds is 11. The molecule has 0 aliphatic carbocycles. The Bertz CT molecular complexity index is 2410. The van der Waals surface area contributed by atoms with E-state index in [4.69, 9.17) is 14.7 Å². The minimum absolute atomic E-state index is 0.0577. The molecule has 0 saturated carbocycles. The Labute approximate surface area is 355 Å². The van der Waals surface area contributed by atoms with E-state index in [1.54, 1.807) is 32.5 Å². The number of likely N-dealkylation sites (tertiary alicyclic amines) is 2. The second-order valence-electron chi connectivity index (χ2n) is 16.5. The molecule has 8 rings (SSSR count). The van der Waals surface area contributed by atoms with E-state index in [1.807, 2.05) is 89.8 Å². The van der Waals surface area contributed by atoms with Crippen molar-refractivity contribution in [3.63, 3.8) is 0 Å². The molecule has 0 bridgehead atoms. The monoisotopic (exact) mass is 821 g/mol. The van der Waals surface area contributed by atoms with Crippen LogP contribution in [0, 0.1) is 0 Å². The number of imidazole rings is 2. The van der Waals surface area contributed by atoms with Crippen LogP contribution in [0.15, 0.2) is 131 Å². The van der Waals surface area contributed by atoms with Crippen LogP contribution in [0.3, 0.4) is 0 Å². The van der Waals surface area contributed by atoms with Gasteiger partial charge in [-0.2, -0.15) is 0 Å². The van der Waals surface area contributed by atoms with Crippen molar-refractivity contribution < 1.29 is 19.1 Å². The number of benzene rings is 4. The first-order valence-corrected chi connectivity index (χ1v) is 21.5. The number of H-pyrrole nitrogens is 2. The minimum atomic E-state index is -0.892. The number of hydrogen-bond donors (Lipinski definition) is 3. The lowest BCUT2D eigenvalue weighted by Gasteiger charge is -2.29. The zero-order chi connectivity index (χ0) is 41.8. The normalized spacial score (nSPS) is 17.7. The van der Waals surface area contributed by atoms with E-state index >= 15 is 0 Å². The molecular formula is C48H51N7O4S. The number of aromatic amines is 2. The first-order valence-electron chi connectivity index (χ1n) is 20.7. The van der Waals surface area contributed by atoms with Gasteiger partial charge in [-0.15, -0.1) is 0 Å². The number of hydrogen-bond acceptors (Lipinski definition) is 7. The summed E-state index contributed by atoms with van der Waals surface area (Å²) in [6.07, 6.45) is 6.48. The zero-order valence-corrected chi connectivity index (χ0v) is 35.2. The van der Waals surface area contributed by atoms with Crippen LogP contribution in [0.2, 0.25) is 0 Å². The second-order valence-corrected chi connectivity index (χ2v) is 17.7. The molecule has 12 heteroatoms. The van der Waals surface area contributed by atoms with Crippen LogP contribution in [-0.2, 0) is 14.3 Å². The summed E-state index contributed by atoms with van der Waals surface area (Å²) >= 11 is 1.68. The third-order valence-electron chi connectivity index (χ3n) is 11.2. The Morgan fingerprint density at radius 3 is 1.63 bits per heavy atom. The lowest BCUT2D eigenvalue weighted by atomic mass is 9.99. The lowest BCUT2D eigenvalue weighted by Crippen LogP contribution is -2.44. The van der Waals surface area contributed by atoms with E-state index in [-0.39, 0.29) is 29.8 Å². The van der Waals surface area contributed by atoms with Crippen molar-refractivity contribution in [2.75, 3.05) is 13.1 Å². The van der Waals surface area contributed by atoms with Gasteiger partial charge in [-0.3, -0.25) is 9.59 Å². The number of carbonyl (C=O) groups excluding carboxylic acids is 3. The summed E-state index contributed by atoms with van der Waals surface area (Å²) in [5.74, 6) is 1.28. The van der Waals surface area contributed by atoms with Crippen molar-refractivity contribution in [1.82, 2.24) is 35.1 Å². The molecule has 2 aliphatic heterocycles. The molecule has 60 heavy (non-hydrogen) atoms. The number of ether oxygens (including phenoxy) is 1. The highest BCUT2D eigenvalue weighted by Gasteiger charge is 2.38. The summed E-state index contributed by atoms with van der Waals surface area (Å²) in [4.78, 5) is 63.0. The average molecular weight is 822 g/mol. The average Bonchev–Trinajstić information content (AvgIpc) is 4.10. The van der Waals surface area contributed by atoms with Crippen molar-refractivity contribution in [3.05, 3.63) is 144 Å². The molecule has 0 spiro atoms. The highest BCUT2D eigenvalue weighted by molar-refractivity contribution is 7.99. The van der Waals surface area contributed by atoms with Gasteiger partial charge >= 0.3 is 6.09 Å². The van der Waals surface area contributed by atoms with Crippen LogP contribution in [0.4, 0.5) is 4.79 Å². The SMILES string of the molecule is C[C@@H](C(=O)N1CCC[C@H]1c1ncc(-c2ccc(Sc3ccc(-c4cnc([C@@H]5CCCN5C(=O)[C@H](NC(=O)OC(C)(C)C)c5ccccc5)[nH]4)cc3)cc2)[nH]1)c1ccccc1. The summed E-state index contributed by atoms with van der Waals surface area (Å²) in [5.41, 5.74) is 4.85. The van der Waals surface area contributed by atoms with E-state index in [9.17, 15) is 14.4 Å². The van der Waals surface area contributed by atoms with E-state index in [1.165, 1.54) is 0 Å². The van der Waals surface area contributed by atoms with Crippen LogP contribution in [0.1, 0.15) is 100 Å². The van der Waals surface area contributed by atoms with Crippen LogP contribution in [-0.4, -0.2) is 66.3 Å². The molecule has 2 aliphatic rings. The van der Waals surface area contributed by atoms with Crippen molar-refractivity contribution in [2.45, 2.75) is 92.8 Å². The Kier molecular flexibility index (Phi) is 11.9. The number of carbonyl (C=O) groups is 3. The van der Waals surface area contributed by atoms with Crippen molar-refractivity contribution in [3.8, 4) is 22.5 Å². The predicted octanol–water partition coefficient (Wildman–Crippen LogP) is 10.0. The minimum Gasteiger partial charge on any atom is -0.444 e. The van der Waals surface area contributed by atoms with Gasteiger partial charge < -0.3 is 29.8 Å². The van der Waals surface area contributed by atoms with Gasteiger partial charge in [-0.05, 0) is 99.9 Å². The molecule has 2 aromatic heterocycles. The maximum Gasteiger partial charge on any atom is 0.408 e. The molecule has 0 radical (unpaired) electrons. The van der Waals surface area contributed by atoms with Crippen molar-refractivity contribution >= 4 is 29.7 Å². The largest absolute Gasteiger partial charge is 0.444 e. The van der Waals surface area contributed by atoms with Crippen molar-refractivity contribution in [1.29, 1.82) is 0 Å². The lowest BCUT2D eigenvalue weighted by molar-refractivity contribution is -0.135. The van der Waals surface area contributed by atoms with E-state index in [0.717, 1.165) is 81.7 Å². The molecule has 3 N–H and O–H groups in total. The van der Waals surface area contributed by atoms with E-state index < -0.39 is 17.7 Å². The van der Waals surface area contributed by atoms with Gasteiger partial charge in [-0.1, -0.05) is 96.7 Å². The number of amides is 3. The molecule has 11 nitrogen and oxygen atoms in total. The predicted molar refractivity (Wildman–Crippen MR) is 233 cm³/mol. The van der Waals surface area contributed by atoms with E-state index in [2.05, 4.69) is 63.8 Å². The van der Waals surface area contributed by atoms with Crippen LogP contribution in [0.25, 0.3) is 22.5 Å². The maximum absolute atomic E-state index is 14.1. The second kappa shape index (κ2) is 17.6. The smallest absolute Gasteiger partial charge is 0.408 e. The summed E-state index contributed by atoms with van der Waals surface area (Å²) in [6, 6.07) is 34.8. The molecule has 6 aromatic rings. The number of aromatic nitrogens is 4. The standard InChI is InChI=1S/C48H51N7O4S/c1-31(32-13-7-5-8-14-32)45(56)54-27-11-17-40(54)43-49-29-38(51-43)33-19-23-36(24-20-33)60-37-25-21-34(22-26-37)39-30-50-44(52-39)41-18-12-28-55(41)46(57)42(35-15-9-6-10-16-35)53-47(58)59-48(2,3)4/h5-10,13-16,19-26,29-31,40-42H,11-12,17-18,27-28H2,1-4H3,(H,49,51)(H,50,52)(H,53,58)/t31-,40+,41+,42-/m1/s1. The van der Waals surface area contributed by atoms with Gasteiger partial charge in [0.1, 0.15) is 23.3 Å². The van der Waals surface area contributed by atoms with Crippen LogP contribution in [0.5, 0.6) is 0 Å². The first kappa shape index (κ1) is 40.6. The summed E-state index contributed by atoms with van der Waals surface area (Å²) in [7, 11) is 0. The zero-order valence-electron chi connectivity index (χ0n) is 34.4. The number of alkyl carbamates (subject to hydrolysis) is 1. The van der Waals surface area contributed by atoms with E-state index in [0.29, 0.717) is 12.1 Å². The third kappa shape index (κ3) is 9.18. The number of nitrogens with one attached hydrogen (secondary N) is 3. The van der Waals surface area contributed by atoms with Crippen LogP contribution >= 0.6 is 11.8 Å². The third-order valence-corrected chi connectivity index (χ3v) is 12.2. The van der Waals surface area contributed by atoms with Gasteiger partial charge in [0, 0.05) is 22.9 Å². The summed E-state index contributed by atoms with van der Waals surface area (Å²) in [5, 5.41) is 2.82. The van der Waals surface area contributed by atoms with Gasteiger partial charge in [0.05, 0.1) is 41.8 Å². The fourth-order valence-corrected chi connectivity index (χ4v) is 8.95. The van der Waals surface area contributed by atoms with Gasteiger partial charge in [-0.25, -0.2) is 14.8 Å². The molecule has 4 atom stereocenters. The summed E-state index contributed by atoms with van der Waals surface area (Å²) < 4.78 is 5.51. The topological polar surface area (TPSA) is 136 Å². The Morgan fingerprint density at radius 1 is 0.683 bits per heavy atom. The quantitative estimate of drug-likeness (QED) is 0.118. The Balaban J connectivity index is 0.892. The number of nitrogens with zero attached hydrogens (tertiary/aromatic N) is 4. The fraction of sp³-hybridized carbons (Fsp3) is 0.312. The van der Waals surface area contributed by atoms with Gasteiger partial charge in [0.25, 0.3) is 5.91 Å². The molecule has 3 amide bonds. The maximum atomic E-state index is 14.1. The Morgan fingerprint density at radius 2 is 1.15 bits per heavy atom. The highest BCUT2D eigenvalue weighted by Crippen LogP contribution is 2.37. The molecule has 0 unspecified atom stereocenters. The Hall–Kier alpha value is -6.14. The summed E-state index contributed by atoms with van der Waals surface area (Å²) in [6.45, 7) is 8.67. The fourth-order valence-electron chi connectivity index (χ4n) is 8.13. The molecule has 4 aromatic carbocycles. The first-order chi connectivity index (χ1) is 29.0. The van der Waals surface area contributed by atoms with Gasteiger partial charge in [0.2, 0.25) is 5.91 Å².